The fourth-order valence-electron chi connectivity index (χ4n) is 11.7. The van der Waals surface area contributed by atoms with E-state index in [4.69, 9.17) is 0 Å². The average molecular weight is 455 g/mol. The summed E-state index contributed by atoms with van der Waals surface area (Å²) in [7, 11) is 0. The number of hydrogen-bond acceptors (Lipinski definition) is 2. The zero-order valence-corrected chi connectivity index (χ0v) is 22.6. The molecule has 5 saturated carbocycles. The van der Waals surface area contributed by atoms with Crippen molar-refractivity contribution in [3.05, 3.63) is 0 Å². The molecule has 2 heteroatoms. The molecule has 0 saturated heterocycles. The molecule has 0 amide bonds. The van der Waals surface area contributed by atoms with Crippen LogP contribution in [0.2, 0.25) is 0 Å². The molecule has 0 aliphatic heterocycles. The summed E-state index contributed by atoms with van der Waals surface area (Å²) >= 11 is 0. The van der Waals surface area contributed by atoms with Crippen LogP contribution in [0.5, 0.6) is 0 Å². The van der Waals surface area contributed by atoms with Crippen molar-refractivity contribution in [2.75, 3.05) is 0 Å². The predicted molar refractivity (Wildman–Crippen MR) is 135 cm³/mol. The number of carbonyl (C=O) groups is 2. The second-order valence-corrected chi connectivity index (χ2v) is 15.1. The fourth-order valence-corrected chi connectivity index (χ4v) is 11.7. The standard InChI is InChI=1S/C31H50O2/c1-20(2)18-21-10-15-31(19-32)17-16-29(6)22(26(21)31)8-9-24-28(5)13-12-25(33)27(3,4)23(28)11-14-30(24,29)7/h19-24,26H,8-18H2,1-7H3/t21-,22?,23-,24+,26+,28-,29+,30+,31+/m0/s1. The second-order valence-electron chi connectivity index (χ2n) is 15.1. The van der Waals surface area contributed by atoms with Gasteiger partial charge in [-0.25, -0.2) is 0 Å². The minimum absolute atomic E-state index is 0.0344. The van der Waals surface area contributed by atoms with Gasteiger partial charge >= 0.3 is 0 Å². The van der Waals surface area contributed by atoms with Crippen LogP contribution in [-0.2, 0) is 9.59 Å². The molecule has 33 heavy (non-hydrogen) atoms. The normalized spacial score (nSPS) is 53.1. The highest BCUT2D eigenvalue weighted by Gasteiger charge is 2.70. The molecule has 5 aliphatic rings. The van der Waals surface area contributed by atoms with Crippen molar-refractivity contribution < 1.29 is 9.59 Å². The van der Waals surface area contributed by atoms with Crippen molar-refractivity contribution in [2.24, 2.45) is 62.6 Å². The SMILES string of the molecule is CC(C)C[C@@H]1CC[C@]2(C=O)CC[C@]3(C)C(CC[C@@H]4[C@@]5(C)CCC(=O)C(C)(C)[C@@H]5CC[C@]43C)[C@@H]12. The van der Waals surface area contributed by atoms with Crippen molar-refractivity contribution in [3.8, 4) is 0 Å². The van der Waals surface area contributed by atoms with E-state index in [9.17, 15) is 9.59 Å². The Labute approximate surface area is 203 Å². The van der Waals surface area contributed by atoms with E-state index in [-0.39, 0.29) is 16.2 Å². The highest BCUT2D eigenvalue weighted by Crippen LogP contribution is 2.77. The summed E-state index contributed by atoms with van der Waals surface area (Å²) in [6, 6.07) is 0. The van der Waals surface area contributed by atoms with Crippen LogP contribution in [-0.4, -0.2) is 12.1 Å². The Kier molecular flexibility index (Phi) is 5.41. The van der Waals surface area contributed by atoms with E-state index in [1.165, 1.54) is 51.2 Å². The summed E-state index contributed by atoms with van der Waals surface area (Å²) in [6.07, 6.45) is 14.5. The number of hydrogen-bond donors (Lipinski definition) is 0. The van der Waals surface area contributed by atoms with Crippen LogP contribution < -0.4 is 0 Å². The van der Waals surface area contributed by atoms with Crippen LogP contribution in [0.25, 0.3) is 0 Å². The van der Waals surface area contributed by atoms with Crippen molar-refractivity contribution >= 4 is 12.1 Å². The summed E-state index contributed by atoms with van der Waals surface area (Å²) in [5.74, 6) is 4.50. The Morgan fingerprint density at radius 2 is 1.58 bits per heavy atom. The van der Waals surface area contributed by atoms with Gasteiger partial charge in [0.1, 0.15) is 12.1 Å². The van der Waals surface area contributed by atoms with Gasteiger partial charge < -0.3 is 4.79 Å². The van der Waals surface area contributed by atoms with Crippen LogP contribution in [0.15, 0.2) is 0 Å². The first-order valence-corrected chi connectivity index (χ1v) is 14.4. The molecule has 0 N–H and O–H groups in total. The largest absolute Gasteiger partial charge is 0.303 e. The van der Waals surface area contributed by atoms with E-state index in [2.05, 4.69) is 48.5 Å². The molecule has 9 atom stereocenters. The number of aldehydes is 1. The third kappa shape index (κ3) is 2.97. The Hall–Kier alpha value is -0.660. The number of carbonyl (C=O) groups excluding carboxylic acids is 2. The van der Waals surface area contributed by atoms with E-state index in [0.29, 0.717) is 46.2 Å². The number of ketones is 1. The van der Waals surface area contributed by atoms with Gasteiger partial charge in [0.05, 0.1) is 0 Å². The molecule has 0 spiro atoms. The van der Waals surface area contributed by atoms with Crippen molar-refractivity contribution in [2.45, 2.75) is 119 Å². The van der Waals surface area contributed by atoms with Gasteiger partial charge in [-0.2, -0.15) is 0 Å². The van der Waals surface area contributed by atoms with E-state index >= 15 is 0 Å². The smallest absolute Gasteiger partial charge is 0.138 e. The van der Waals surface area contributed by atoms with Gasteiger partial charge in [-0.1, -0.05) is 48.5 Å². The molecule has 5 rings (SSSR count). The van der Waals surface area contributed by atoms with Crippen molar-refractivity contribution in [1.82, 2.24) is 0 Å². The van der Waals surface area contributed by atoms with Gasteiger partial charge in [-0.3, -0.25) is 4.79 Å². The lowest BCUT2D eigenvalue weighted by Crippen LogP contribution is -2.66. The maximum atomic E-state index is 12.9. The summed E-state index contributed by atoms with van der Waals surface area (Å²) in [5, 5.41) is 0. The predicted octanol–water partition coefficient (Wildman–Crippen LogP) is 7.88. The monoisotopic (exact) mass is 454 g/mol. The topological polar surface area (TPSA) is 34.1 Å². The van der Waals surface area contributed by atoms with Crippen LogP contribution in [0.1, 0.15) is 119 Å². The molecule has 186 valence electrons. The quantitative estimate of drug-likeness (QED) is 0.406. The highest BCUT2D eigenvalue weighted by atomic mass is 16.1. The zero-order valence-electron chi connectivity index (χ0n) is 22.6. The molecule has 0 aromatic carbocycles. The Morgan fingerprint density at radius 1 is 0.848 bits per heavy atom. The van der Waals surface area contributed by atoms with E-state index in [1.807, 2.05) is 0 Å². The molecule has 0 radical (unpaired) electrons. The van der Waals surface area contributed by atoms with Crippen molar-refractivity contribution in [1.29, 1.82) is 0 Å². The van der Waals surface area contributed by atoms with Gasteiger partial charge in [-0.15, -0.1) is 0 Å². The Bertz CT molecular complexity index is 827. The third-order valence-corrected chi connectivity index (χ3v) is 13.4. The van der Waals surface area contributed by atoms with Gasteiger partial charge in [0, 0.05) is 17.3 Å². The third-order valence-electron chi connectivity index (χ3n) is 13.4. The summed E-state index contributed by atoms with van der Waals surface area (Å²) in [6.45, 7) is 17.1. The van der Waals surface area contributed by atoms with Crippen LogP contribution >= 0.6 is 0 Å². The molecule has 5 fully saturated rings. The van der Waals surface area contributed by atoms with Gasteiger partial charge in [0.25, 0.3) is 0 Å². The average Bonchev–Trinajstić information content (AvgIpc) is 3.10. The molecule has 0 bridgehead atoms. The lowest BCUT2D eigenvalue weighted by Gasteiger charge is -2.72. The van der Waals surface area contributed by atoms with Crippen LogP contribution in [0.3, 0.4) is 0 Å². The summed E-state index contributed by atoms with van der Waals surface area (Å²) < 4.78 is 0. The lowest BCUT2D eigenvalue weighted by atomic mass is 9.32. The molecule has 0 aromatic rings. The molecule has 5 aliphatic carbocycles. The first kappa shape index (κ1) is 24.1. The minimum atomic E-state index is -0.168. The van der Waals surface area contributed by atoms with Crippen molar-refractivity contribution in [3.63, 3.8) is 0 Å². The number of fused-ring (bicyclic) bond motifs is 7. The first-order chi connectivity index (χ1) is 15.4. The maximum Gasteiger partial charge on any atom is 0.138 e. The van der Waals surface area contributed by atoms with E-state index < -0.39 is 0 Å². The molecule has 0 heterocycles. The van der Waals surface area contributed by atoms with Crippen LogP contribution in [0, 0.1) is 62.6 Å². The second kappa shape index (κ2) is 7.42. The maximum absolute atomic E-state index is 12.9. The highest BCUT2D eigenvalue weighted by molar-refractivity contribution is 5.85. The van der Waals surface area contributed by atoms with Crippen LogP contribution in [0.4, 0.5) is 0 Å². The van der Waals surface area contributed by atoms with E-state index in [0.717, 1.165) is 31.6 Å². The Morgan fingerprint density at radius 3 is 2.24 bits per heavy atom. The minimum Gasteiger partial charge on any atom is -0.303 e. The van der Waals surface area contributed by atoms with Gasteiger partial charge in [-0.05, 0) is 116 Å². The Balaban J connectivity index is 1.53. The molecule has 1 unspecified atom stereocenters. The zero-order chi connectivity index (χ0) is 24.0. The molecular formula is C31H50O2. The summed E-state index contributed by atoms with van der Waals surface area (Å²) in [5.41, 5.74) is 0.737. The number of rotatable bonds is 3. The first-order valence-electron chi connectivity index (χ1n) is 14.4. The molecule has 0 aromatic heterocycles. The van der Waals surface area contributed by atoms with Gasteiger partial charge in [0.15, 0.2) is 0 Å². The molecular weight excluding hydrogens is 404 g/mol. The number of Topliss-reactive ketones (excluding diaryl/α,β-unsaturated/α-hetero) is 1. The summed E-state index contributed by atoms with van der Waals surface area (Å²) in [4.78, 5) is 25.6. The van der Waals surface area contributed by atoms with E-state index in [1.54, 1.807) is 0 Å². The van der Waals surface area contributed by atoms with Gasteiger partial charge in [0.2, 0.25) is 0 Å². The lowest BCUT2D eigenvalue weighted by molar-refractivity contribution is -0.232. The fraction of sp³-hybridized carbons (Fsp3) is 0.935. The molecule has 2 nitrogen and oxygen atoms in total.